The quantitative estimate of drug-likeness (QED) is 0.912. The van der Waals surface area contributed by atoms with Crippen LogP contribution in [0, 0.1) is 5.92 Å². The molecule has 1 unspecified atom stereocenters. The summed E-state index contributed by atoms with van der Waals surface area (Å²) in [6.45, 7) is 2.10. The molecule has 5 nitrogen and oxygen atoms in total. The molecule has 1 saturated carbocycles. The van der Waals surface area contributed by atoms with Gasteiger partial charge >= 0.3 is 5.97 Å². The third kappa shape index (κ3) is 2.36. The average Bonchev–Trinajstić information content (AvgIpc) is 3.15. The third-order valence-corrected chi connectivity index (χ3v) is 3.54. The lowest BCUT2D eigenvalue weighted by molar-refractivity contribution is 0.0697. The molecule has 0 bridgehead atoms. The number of carbonyl (C=O) groups is 1. The van der Waals surface area contributed by atoms with Gasteiger partial charge in [-0.15, -0.1) is 10.2 Å². The highest BCUT2D eigenvalue weighted by molar-refractivity contribution is 5.88. The number of carboxylic acids is 1. The molecule has 0 radical (unpaired) electrons. The van der Waals surface area contributed by atoms with E-state index in [9.17, 15) is 4.79 Å². The van der Waals surface area contributed by atoms with Crippen LogP contribution in [0.3, 0.4) is 0 Å². The van der Waals surface area contributed by atoms with Crippen molar-refractivity contribution in [2.45, 2.75) is 25.7 Å². The van der Waals surface area contributed by atoms with Gasteiger partial charge in [0.05, 0.1) is 5.56 Å². The fourth-order valence-corrected chi connectivity index (χ4v) is 2.09. The molecule has 1 atom stereocenters. The molecule has 2 aromatic rings. The summed E-state index contributed by atoms with van der Waals surface area (Å²) in [5.74, 6) is 1.14. The van der Waals surface area contributed by atoms with Crippen molar-refractivity contribution in [3.8, 4) is 11.5 Å². The maximum Gasteiger partial charge on any atom is 0.335 e. The Labute approximate surface area is 110 Å². The second-order valence-corrected chi connectivity index (χ2v) is 4.95. The molecule has 0 saturated heterocycles. The number of hydrogen-bond acceptors (Lipinski definition) is 4. The first-order valence-corrected chi connectivity index (χ1v) is 6.32. The number of nitrogens with zero attached hydrogens (tertiary/aromatic N) is 2. The Morgan fingerprint density at radius 2 is 2.00 bits per heavy atom. The maximum absolute atomic E-state index is 10.8. The Kier molecular flexibility index (Phi) is 2.81. The molecule has 98 valence electrons. The van der Waals surface area contributed by atoms with Crippen molar-refractivity contribution >= 4 is 5.97 Å². The van der Waals surface area contributed by atoms with Gasteiger partial charge < -0.3 is 9.52 Å². The van der Waals surface area contributed by atoms with Gasteiger partial charge in [-0.1, -0.05) is 6.92 Å². The summed E-state index contributed by atoms with van der Waals surface area (Å²) in [6.07, 6.45) is 2.46. The number of aromatic nitrogens is 2. The summed E-state index contributed by atoms with van der Waals surface area (Å²) in [5, 5.41) is 16.9. The summed E-state index contributed by atoms with van der Waals surface area (Å²) in [5.41, 5.74) is 0.988. The topological polar surface area (TPSA) is 76.2 Å². The van der Waals surface area contributed by atoms with E-state index in [1.807, 2.05) is 0 Å². The molecule has 1 heterocycles. The Bertz CT molecular complexity index is 599. The Hall–Kier alpha value is -2.17. The summed E-state index contributed by atoms with van der Waals surface area (Å²) in [6, 6.07) is 6.43. The lowest BCUT2D eigenvalue weighted by Gasteiger charge is -2.02. The Balaban J connectivity index is 1.83. The maximum atomic E-state index is 10.8. The van der Waals surface area contributed by atoms with Crippen molar-refractivity contribution in [2.24, 2.45) is 5.92 Å². The van der Waals surface area contributed by atoms with Gasteiger partial charge in [0.1, 0.15) is 0 Å². The highest BCUT2D eigenvalue weighted by Crippen LogP contribution is 2.42. The van der Waals surface area contributed by atoms with Crippen molar-refractivity contribution < 1.29 is 14.3 Å². The van der Waals surface area contributed by atoms with Gasteiger partial charge in [0.25, 0.3) is 0 Å². The predicted octanol–water partition coefficient (Wildman–Crippen LogP) is 2.95. The van der Waals surface area contributed by atoms with Gasteiger partial charge in [0.2, 0.25) is 11.8 Å². The van der Waals surface area contributed by atoms with E-state index in [4.69, 9.17) is 9.52 Å². The van der Waals surface area contributed by atoms with Crippen LogP contribution < -0.4 is 0 Å². The first-order valence-electron chi connectivity index (χ1n) is 6.32. The van der Waals surface area contributed by atoms with Gasteiger partial charge in [-0.2, -0.15) is 0 Å². The monoisotopic (exact) mass is 258 g/mol. The molecule has 3 rings (SSSR count). The highest BCUT2D eigenvalue weighted by atomic mass is 16.4. The van der Waals surface area contributed by atoms with Crippen LogP contribution >= 0.6 is 0 Å². The van der Waals surface area contributed by atoms with E-state index in [-0.39, 0.29) is 5.56 Å². The van der Waals surface area contributed by atoms with Crippen molar-refractivity contribution in [1.29, 1.82) is 0 Å². The minimum Gasteiger partial charge on any atom is -0.478 e. The molecule has 0 spiro atoms. The van der Waals surface area contributed by atoms with Gasteiger partial charge in [0.15, 0.2) is 0 Å². The van der Waals surface area contributed by atoms with Crippen LogP contribution in [-0.4, -0.2) is 21.3 Å². The third-order valence-electron chi connectivity index (χ3n) is 3.54. The standard InChI is InChI=1S/C14H14N2O3/c1-8(9-2-3-9)12-15-16-13(19-12)10-4-6-11(7-5-10)14(17)18/h4-9H,2-3H2,1H3,(H,17,18). The molecule has 1 fully saturated rings. The van der Waals surface area contributed by atoms with Crippen LogP contribution in [0.1, 0.15) is 41.9 Å². The molecule has 0 amide bonds. The van der Waals surface area contributed by atoms with E-state index in [1.165, 1.54) is 25.0 Å². The van der Waals surface area contributed by atoms with Crippen molar-refractivity contribution in [2.75, 3.05) is 0 Å². The molecule has 1 aliphatic carbocycles. The van der Waals surface area contributed by atoms with Crippen LogP contribution in [0.15, 0.2) is 28.7 Å². The Morgan fingerprint density at radius 3 is 2.58 bits per heavy atom. The average molecular weight is 258 g/mol. The second-order valence-electron chi connectivity index (χ2n) is 4.95. The molecule has 1 N–H and O–H groups in total. The van der Waals surface area contributed by atoms with Crippen LogP contribution in [0.2, 0.25) is 0 Å². The van der Waals surface area contributed by atoms with Crippen molar-refractivity contribution in [3.63, 3.8) is 0 Å². The minimum atomic E-state index is -0.944. The number of benzene rings is 1. The second kappa shape index (κ2) is 4.50. The Morgan fingerprint density at radius 1 is 1.32 bits per heavy atom. The van der Waals surface area contributed by atoms with Crippen LogP contribution in [-0.2, 0) is 0 Å². The molecule has 1 aromatic carbocycles. The fraction of sp³-hybridized carbons (Fsp3) is 0.357. The zero-order chi connectivity index (χ0) is 13.4. The van der Waals surface area contributed by atoms with Crippen molar-refractivity contribution in [1.82, 2.24) is 10.2 Å². The smallest absolute Gasteiger partial charge is 0.335 e. The summed E-state index contributed by atoms with van der Waals surface area (Å²) < 4.78 is 5.66. The number of hydrogen-bond donors (Lipinski definition) is 1. The van der Waals surface area contributed by atoms with Gasteiger partial charge in [-0.3, -0.25) is 0 Å². The molecule has 5 heteroatoms. The fourth-order valence-electron chi connectivity index (χ4n) is 2.09. The molecule has 1 aliphatic rings. The number of carboxylic acid groups (broad SMARTS) is 1. The van der Waals surface area contributed by atoms with E-state index in [0.29, 0.717) is 23.6 Å². The highest BCUT2D eigenvalue weighted by Gasteiger charge is 2.32. The summed E-state index contributed by atoms with van der Waals surface area (Å²) in [4.78, 5) is 10.8. The SMILES string of the molecule is CC(c1nnc(-c2ccc(C(=O)O)cc2)o1)C1CC1. The molecular weight excluding hydrogens is 244 g/mol. The first kappa shape index (κ1) is 11.9. The van der Waals surface area contributed by atoms with E-state index in [0.717, 1.165) is 5.56 Å². The lowest BCUT2D eigenvalue weighted by atomic mass is 10.1. The lowest BCUT2D eigenvalue weighted by Crippen LogP contribution is -1.95. The van der Waals surface area contributed by atoms with E-state index < -0.39 is 5.97 Å². The van der Waals surface area contributed by atoms with Crippen LogP contribution in [0.5, 0.6) is 0 Å². The van der Waals surface area contributed by atoms with Crippen molar-refractivity contribution in [3.05, 3.63) is 35.7 Å². The molecule has 1 aromatic heterocycles. The largest absolute Gasteiger partial charge is 0.478 e. The zero-order valence-corrected chi connectivity index (χ0v) is 10.5. The van der Waals surface area contributed by atoms with Gasteiger partial charge in [-0.25, -0.2) is 4.79 Å². The van der Waals surface area contributed by atoms with Gasteiger partial charge in [-0.05, 0) is 43.0 Å². The number of aromatic carboxylic acids is 1. The minimum absolute atomic E-state index is 0.245. The summed E-state index contributed by atoms with van der Waals surface area (Å²) >= 11 is 0. The van der Waals surface area contributed by atoms with Crippen LogP contribution in [0.4, 0.5) is 0 Å². The van der Waals surface area contributed by atoms with Crippen LogP contribution in [0.25, 0.3) is 11.5 Å². The molecule has 19 heavy (non-hydrogen) atoms. The van der Waals surface area contributed by atoms with E-state index >= 15 is 0 Å². The predicted molar refractivity (Wildman–Crippen MR) is 67.8 cm³/mol. The zero-order valence-electron chi connectivity index (χ0n) is 10.5. The normalized spacial score (nSPS) is 16.3. The summed E-state index contributed by atoms with van der Waals surface area (Å²) in [7, 11) is 0. The van der Waals surface area contributed by atoms with E-state index in [2.05, 4.69) is 17.1 Å². The molecule has 0 aliphatic heterocycles. The van der Waals surface area contributed by atoms with Gasteiger partial charge in [0, 0.05) is 11.5 Å². The van der Waals surface area contributed by atoms with E-state index in [1.54, 1.807) is 12.1 Å². The molecular formula is C14H14N2O3. The first-order chi connectivity index (χ1) is 9.15. The number of rotatable bonds is 4.